The van der Waals surface area contributed by atoms with Gasteiger partial charge < -0.3 is 10.1 Å². The number of ether oxygens (including phenoxy) is 1. The second-order valence-corrected chi connectivity index (χ2v) is 8.17. The molecule has 2 saturated carbocycles. The lowest BCUT2D eigenvalue weighted by Crippen LogP contribution is -2.43. The first-order valence-electron chi connectivity index (χ1n) is 7.25. The van der Waals surface area contributed by atoms with Crippen LogP contribution in [0.1, 0.15) is 12.8 Å². The molecule has 1 saturated heterocycles. The number of sulfonamides is 1. The molecular weight excluding hydrogens is 353 g/mol. The zero-order chi connectivity index (χ0) is 17.9. The van der Waals surface area contributed by atoms with Crippen molar-refractivity contribution in [3.05, 3.63) is 12.2 Å². The lowest BCUT2D eigenvalue weighted by Gasteiger charge is -2.26. The van der Waals surface area contributed by atoms with E-state index in [9.17, 15) is 31.2 Å². The van der Waals surface area contributed by atoms with Crippen LogP contribution in [0.25, 0.3) is 0 Å². The van der Waals surface area contributed by atoms with Crippen LogP contribution in [0.4, 0.5) is 13.2 Å². The van der Waals surface area contributed by atoms with Crippen LogP contribution in [0.5, 0.6) is 0 Å². The molecule has 5 unspecified atom stereocenters. The first kappa shape index (κ1) is 17.2. The fraction of sp³-hybridized carbons (Fsp3) is 0.692. The summed E-state index contributed by atoms with van der Waals surface area (Å²) in [5.74, 6) is -2.63. The van der Waals surface area contributed by atoms with E-state index in [0.717, 1.165) is 0 Å². The number of halogens is 3. The summed E-state index contributed by atoms with van der Waals surface area (Å²) in [6.07, 6.45) is -4.52. The number of rotatable bonds is 4. The fourth-order valence-corrected chi connectivity index (χ4v) is 5.90. The topological polar surface area (TPSA) is 102 Å². The van der Waals surface area contributed by atoms with Crippen molar-refractivity contribution in [2.75, 3.05) is 6.54 Å². The third-order valence-corrected chi connectivity index (χ3v) is 6.78. The van der Waals surface area contributed by atoms with Crippen molar-refractivity contribution in [1.82, 2.24) is 10.0 Å². The Bertz CT molecular complexity index is 705. The molecule has 5 atom stereocenters. The van der Waals surface area contributed by atoms with Gasteiger partial charge in [-0.2, -0.15) is 13.2 Å². The van der Waals surface area contributed by atoms with Crippen molar-refractivity contribution in [2.45, 2.75) is 36.4 Å². The number of fused-ring (bicyclic) bond motifs is 1. The Morgan fingerprint density at radius 1 is 1.29 bits per heavy atom. The fourth-order valence-electron chi connectivity index (χ4n) is 3.79. The van der Waals surface area contributed by atoms with Crippen LogP contribution < -0.4 is 10.0 Å². The van der Waals surface area contributed by atoms with Crippen LogP contribution in [0.3, 0.4) is 0 Å². The van der Waals surface area contributed by atoms with Gasteiger partial charge in [-0.05, 0) is 24.7 Å². The number of hydrogen-bond acceptors (Lipinski definition) is 5. The zero-order valence-electron chi connectivity index (χ0n) is 12.3. The minimum atomic E-state index is -4.88. The van der Waals surface area contributed by atoms with E-state index in [2.05, 4.69) is 11.3 Å². The summed E-state index contributed by atoms with van der Waals surface area (Å²) in [5, 5.41) is 1.33. The monoisotopic (exact) mass is 368 g/mol. The van der Waals surface area contributed by atoms with Gasteiger partial charge >= 0.3 is 12.1 Å². The predicted molar refractivity (Wildman–Crippen MR) is 73.9 cm³/mol. The predicted octanol–water partition coefficient (Wildman–Crippen LogP) is -0.157. The van der Waals surface area contributed by atoms with Crippen LogP contribution >= 0.6 is 0 Å². The van der Waals surface area contributed by atoms with Gasteiger partial charge in [0.1, 0.15) is 18.2 Å². The van der Waals surface area contributed by atoms with Gasteiger partial charge in [-0.3, -0.25) is 9.59 Å². The van der Waals surface area contributed by atoms with Gasteiger partial charge in [-0.1, -0.05) is 6.58 Å². The van der Waals surface area contributed by atoms with Gasteiger partial charge in [0.25, 0.3) is 5.91 Å². The van der Waals surface area contributed by atoms with Crippen molar-refractivity contribution in [3.63, 3.8) is 0 Å². The summed E-state index contributed by atoms with van der Waals surface area (Å²) in [6, 6.07) is -0.497. The summed E-state index contributed by atoms with van der Waals surface area (Å²) < 4.78 is 68.3. The number of esters is 1. The Morgan fingerprint density at radius 2 is 1.96 bits per heavy atom. The molecule has 2 bridgehead atoms. The smallest absolute Gasteiger partial charge is 0.421 e. The Labute approximate surface area is 135 Å². The molecule has 11 heteroatoms. The van der Waals surface area contributed by atoms with E-state index >= 15 is 0 Å². The summed E-state index contributed by atoms with van der Waals surface area (Å²) in [7, 11) is -3.40. The van der Waals surface area contributed by atoms with Gasteiger partial charge in [0, 0.05) is 0 Å². The Kier molecular flexibility index (Phi) is 3.91. The third-order valence-electron chi connectivity index (χ3n) is 4.84. The average molecular weight is 368 g/mol. The number of carbonyl (C=O) groups is 2. The van der Waals surface area contributed by atoms with E-state index in [4.69, 9.17) is 4.74 Å². The van der Waals surface area contributed by atoms with E-state index in [-0.39, 0.29) is 11.8 Å². The first-order valence-corrected chi connectivity index (χ1v) is 8.80. The van der Waals surface area contributed by atoms with Gasteiger partial charge in [-0.15, -0.1) is 0 Å². The second kappa shape index (κ2) is 5.45. The van der Waals surface area contributed by atoms with Crippen molar-refractivity contribution >= 4 is 21.9 Å². The van der Waals surface area contributed by atoms with Gasteiger partial charge in [0.15, 0.2) is 0 Å². The molecule has 0 aromatic heterocycles. The van der Waals surface area contributed by atoms with Gasteiger partial charge in [0.05, 0.1) is 11.3 Å². The summed E-state index contributed by atoms with van der Waals surface area (Å²) in [4.78, 5) is 23.0. The molecule has 3 aliphatic rings. The molecule has 0 aromatic rings. The maximum atomic E-state index is 12.3. The second-order valence-electron chi connectivity index (χ2n) is 6.24. The van der Waals surface area contributed by atoms with E-state index in [1.807, 2.05) is 0 Å². The lowest BCUT2D eigenvalue weighted by molar-refractivity contribution is -0.152. The number of hydrogen-bond donors (Lipinski definition) is 2. The van der Waals surface area contributed by atoms with Crippen molar-refractivity contribution in [1.29, 1.82) is 0 Å². The lowest BCUT2D eigenvalue weighted by atomic mass is 9.93. The quantitative estimate of drug-likeness (QED) is 0.531. The van der Waals surface area contributed by atoms with Crippen LogP contribution in [0.15, 0.2) is 12.2 Å². The highest BCUT2D eigenvalue weighted by molar-refractivity contribution is 7.90. The van der Waals surface area contributed by atoms with Crippen LogP contribution in [-0.2, 0) is 24.3 Å². The molecule has 0 radical (unpaired) electrons. The van der Waals surface area contributed by atoms with Crippen molar-refractivity contribution in [2.24, 2.45) is 11.8 Å². The zero-order valence-corrected chi connectivity index (χ0v) is 13.1. The third kappa shape index (κ3) is 2.79. The van der Waals surface area contributed by atoms with Crippen LogP contribution in [-0.4, -0.2) is 50.4 Å². The highest BCUT2D eigenvalue weighted by atomic mass is 32.2. The van der Waals surface area contributed by atoms with Crippen LogP contribution in [0.2, 0.25) is 0 Å². The Balaban J connectivity index is 1.54. The Morgan fingerprint density at radius 3 is 2.58 bits per heavy atom. The number of carbonyl (C=O) groups excluding carboxylic acids is 2. The normalized spacial score (nSPS) is 35.7. The molecule has 2 aliphatic carbocycles. The minimum Gasteiger partial charge on any atom is -0.459 e. The number of alkyl halides is 3. The highest BCUT2D eigenvalue weighted by Gasteiger charge is 2.63. The van der Waals surface area contributed by atoms with Crippen molar-refractivity contribution < 1.29 is 35.9 Å². The summed E-state index contributed by atoms with van der Waals surface area (Å²) in [6.45, 7) is 1.87. The van der Waals surface area contributed by atoms with E-state index in [1.165, 1.54) is 0 Å². The molecule has 0 spiro atoms. The molecule has 1 heterocycles. The average Bonchev–Trinajstić information content (AvgIpc) is 3.07. The highest BCUT2D eigenvalue weighted by Crippen LogP contribution is 2.52. The Hall–Kier alpha value is -1.62. The molecule has 1 amide bonds. The molecule has 134 valence electrons. The molecule has 7 nitrogen and oxygen atoms in total. The van der Waals surface area contributed by atoms with Gasteiger partial charge in [0.2, 0.25) is 10.0 Å². The maximum Gasteiger partial charge on any atom is 0.421 e. The molecule has 0 aromatic carbocycles. The van der Waals surface area contributed by atoms with E-state index in [0.29, 0.717) is 12.8 Å². The standard InChI is InChI=1S/C13H15F3N2O5S/c1-5(13(14,15)16)12(20)17-4-9(19)23-11-6-2-7-8(3-6)24(21,22)18-10(7)11/h6-8,10-11,18H,1-4H2,(H,17,20). The summed E-state index contributed by atoms with van der Waals surface area (Å²) >= 11 is 0. The molecule has 24 heavy (non-hydrogen) atoms. The molecule has 3 rings (SSSR count). The minimum absolute atomic E-state index is 0.0976. The molecular formula is C13H15F3N2O5S. The SMILES string of the molecule is C=C(C(=O)NCC(=O)OC1C2CC3C1NS(=O)(=O)C3C2)C(F)(F)F. The molecule has 3 fully saturated rings. The van der Waals surface area contributed by atoms with Gasteiger partial charge in [-0.25, -0.2) is 13.1 Å². The van der Waals surface area contributed by atoms with Crippen molar-refractivity contribution in [3.8, 4) is 0 Å². The largest absolute Gasteiger partial charge is 0.459 e. The summed E-state index contributed by atoms with van der Waals surface area (Å²) in [5.41, 5.74) is -1.61. The van der Waals surface area contributed by atoms with E-state index in [1.54, 1.807) is 5.32 Å². The van der Waals surface area contributed by atoms with E-state index < -0.39 is 57.6 Å². The number of nitrogens with one attached hydrogen (secondary N) is 2. The maximum absolute atomic E-state index is 12.3. The first-order chi connectivity index (χ1) is 11.0. The number of amides is 1. The molecule has 2 N–H and O–H groups in total. The molecule has 1 aliphatic heterocycles. The van der Waals surface area contributed by atoms with Crippen LogP contribution in [0, 0.1) is 11.8 Å².